The van der Waals surface area contributed by atoms with E-state index in [1.54, 1.807) is 6.20 Å². The molecule has 1 aromatic carbocycles. The van der Waals surface area contributed by atoms with Gasteiger partial charge in [-0.25, -0.2) is 4.98 Å². The number of nitrogens with two attached hydrogens (primary N) is 1. The highest BCUT2D eigenvalue weighted by atomic mass is 16.1. The summed E-state index contributed by atoms with van der Waals surface area (Å²) in [6, 6.07) is 9.28. The summed E-state index contributed by atoms with van der Waals surface area (Å²) in [5.41, 5.74) is 8.94. The first-order valence-electron chi connectivity index (χ1n) is 5.91. The second kappa shape index (κ2) is 5.39. The molecule has 0 aliphatic rings. The Morgan fingerprint density at radius 2 is 1.84 bits per heavy atom. The summed E-state index contributed by atoms with van der Waals surface area (Å²) in [7, 11) is 0. The molecule has 5 heteroatoms. The van der Waals surface area contributed by atoms with E-state index in [1.807, 2.05) is 37.3 Å². The maximum Gasteiger partial charge on any atom is 0.221 e. The number of rotatable bonds is 3. The second-order valence-corrected chi connectivity index (χ2v) is 4.32. The number of nitrogen functional groups attached to an aromatic ring is 1. The Bertz CT molecular complexity index is 593. The third-order valence-corrected chi connectivity index (χ3v) is 2.57. The fourth-order valence-corrected chi connectivity index (χ4v) is 1.70. The second-order valence-electron chi connectivity index (χ2n) is 4.32. The van der Waals surface area contributed by atoms with Crippen LogP contribution in [0.1, 0.15) is 12.5 Å². The van der Waals surface area contributed by atoms with Crippen LogP contribution in [0.2, 0.25) is 0 Å². The predicted octanol–water partition coefficient (Wildman–Crippen LogP) is 2.67. The molecule has 0 unspecified atom stereocenters. The van der Waals surface area contributed by atoms with Gasteiger partial charge in [0, 0.05) is 18.3 Å². The van der Waals surface area contributed by atoms with Gasteiger partial charge in [-0.3, -0.25) is 4.79 Å². The van der Waals surface area contributed by atoms with Crippen molar-refractivity contribution in [3.05, 3.63) is 42.1 Å². The third-order valence-electron chi connectivity index (χ3n) is 2.57. The molecule has 5 nitrogen and oxygen atoms in total. The highest BCUT2D eigenvalue weighted by Crippen LogP contribution is 2.21. The van der Waals surface area contributed by atoms with Gasteiger partial charge in [0.15, 0.2) is 0 Å². The van der Waals surface area contributed by atoms with Crippen molar-refractivity contribution < 1.29 is 4.79 Å². The fraction of sp³-hybridized carbons (Fsp3) is 0.143. The number of anilines is 4. The molecule has 0 saturated heterocycles. The molecule has 98 valence electrons. The van der Waals surface area contributed by atoms with Crippen molar-refractivity contribution in [2.24, 2.45) is 0 Å². The maximum atomic E-state index is 10.9. The number of carbonyl (C=O) groups excluding carboxylic acids is 1. The number of amides is 1. The minimum atomic E-state index is -0.0863. The zero-order chi connectivity index (χ0) is 13.8. The summed E-state index contributed by atoms with van der Waals surface area (Å²) in [6.07, 6.45) is 1.61. The Morgan fingerprint density at radius 3 is 2.42 bits per heavy atom. The standard InChI is InChI=1S/C14H16N4O/c1-9-7-11(15)8-16-14(9)18-13-5-3-12(4-6-13)17-10(2)19/h3-8H,15H2,1-2H3,(H,16,18)(H,17,19). The summed E-state index contributed by atoms with van der Waals surface area (Å²) in [6.45, 7) is 3.42. The molecule has 0 atom stereocenters. The molecule has 1 amide bonds. The van der Waals surface area contributed by atoms with Crippen molar-refractivity contribution in [3.63, 3.8) is 0 Å². The van der Waals surface area contributed by atoms with Crippen molar-refractivity contribution in [1.82, 2.24) is 4.98 Å². The Morgan fingerprint density at radius 1 is 1.21 bits per heavy atom. The molecule has 0 aliphatic carbocycles. The zero-order valence-electron chi connectivity index (χ0n) is 10.9. The molecule has 2 aromatic rings. The Balaban J connectivity index is 2.13. The number of benzene rings is 1. The summed E-state index contributed by atoms with van der Waals surface area (Å²) in [5.74, 6) is 0.679. The van der Waals surface area contributed by atoms with Gasteiger partial charge in [-0.1, -0.05) is 0 Å². The molecule has 0 saturated carbocycles. The average Bonchev–Trinajstić information content (AvgIpc) is 2.34. The van der Waals surface area contributed by atoms with Crippen molar-refractivity contribution in [2.75, 3.05) is 16.4 Å². The van der Waals surface area contributed by atoms with Crippen LogP contribution in [0.5, 0.6) is 0 Å². The van der Waals surface area contributed by atoms with Gasteiger partial charge in [0.25, 0.3) is 0 Å². The lowest BCUT2D eigenvalue weighted by molar-refractivity contribution is -0.114. The molecule has 0 aliphatic heterocycles. The van der Waals surface area contributed by atoms with Crippen molar-refractivity contribution in [3.8, 4) is 0 Å². The average molecular weight is 256 g/mol. The van der Waals surface area contributed by atoms with Gasteiger partial charge in [0.1, 0.15) is 5.82 Å². The molecular weight excluding hydrogens is 240 g/mol. The number of aromatic nitrogens is 1. The maximum absolute atomic E-state index is 10.9. The molecule has 0 spiro atoms. The third kappa shape index (κ3) is 3.45. The predicted molar refractivity (Wildman–Crippen MR) is 77.4 cm³/mol. The molecule has 1 heterocycles. The first kappa shape index (κ1) is 12.9. The normalized spacial score (nSPS) is 10.0. The van der Waals surface area contributed by atoms with Crippen LogP contribution in [0.4, 0.5) is 22.9 Å². The summed E-state index contributed by atoms with van der Waals surface area (Å²) in [5, 5.41) is 5.92. The first-order valence-corrected chi connectivity index (χ1v) is 5.91. The van der Waals surface area contributed by atoms with Crippen LogP contribution in [0.15, 0.2) is 36.5 Å². The van der Waals surface area contributed by atoms with E-state index in [0.29, 0.717) is 5.69 Å². The summed E-state index contributed by atoms with van der Waals surface area (Å²) < 4.78 is 0. The quantitative estimate of drug-likeness (QED) is 0.788. The van der Waals surface area contributed by atoms with Crippen LogP contribution in [-0.4, -0.2) is 10.9 Å². The van der Waals surface area contributed by atoms with Gasteiger partial charge in [-0.15, -0.1) is 0 Å². The van der Waals surface area contributed by atoms with E-state index in [-0.39, 0.29) is 5.91 Å². The zero-order valence-corrected chi connectivity index (χ0v) is 10.9. The van der Waals surface area contributed by atoms with E-state index in [0.717, 1.165) is 22.8 Å². The highest BCUT2D eigenvalue weighted by Gasteiger charge is 2.01. The van der Waals surface area contributed by atoms with Crippen LogP contribution in [0, 0.1) is 6.92 Å². The van der Waals surface area contributed by atoms with Crippen LogP contribution in [-0.2, 0) is 4.79 Å². The number of hydrogen-bond donors (Lipinski definition) is 3. The smallest absolute Gasteiger partial charge is 0.221 e. The van der Waals surface area contributed by atoms with Gasteiger partial charge < -0.3 is 16.4 Å². The number of pyridine rings is 1. The Labute approximate surface area is 111 Å². The van der Waals surface area contributed by atoms with E-state index in [1.165, 1.54) is 6.92 Å². The number of aryl methyl sites for hydroxylation is 1. The molecular formula is C14H16N4O. The molecule has 2 rings (SSSR count). The van der Waals surface area contributed by atoms with Crippen LogP contribution >= 0.6 is 0 Å². The van der Waals surface area contributed by atoms with E-state index >= 15 is 0 Å². The molecule has 4 N–H and O–H groups in total. The Kier molecular flexibility index (Phi) is 3.66. The van der Waals surface area contributed by atoms with E-state index in [2.05, 4.69) is 15.6 Å². The Hall–Kier alpha value is -2.56. The minimum Gasteiger partial charge on any atom is -0.397 e. The SMILES string of the molecule is CC(=O)Nc1ccc(Nc2ncc(N)cc2C)cc1. The summed E-state index contributed by atoms with van der Waals surface area (Å²) >= 11 is 0. The number of nitrogens with one attached hydrogen (secondary N) is 2. The lowest BCUT2D eigenvalue weighted by Crippen LogP contribution is -2.05. The summed E-state index contributed by atoms with van der Waals surface area (Å²) in [4.78, 5) is 15.2. The minimum absolute atomic E-state index is 0.0863. The van der Waals surface area contributed by atoms with Crippen molar-refractivity contribution in [1.29, 1.82) is 0 Å². The molecule has 1 aromatic heterocycles. The number of nitrogens with zero attached hydrogens (tertiary/aromatic N) is 1. The highest BCUT2D eigenvalue weighted by molar-refractivity contribution is 5.88. The van der Waals surface area contributed by atoms with Crippen LogP contribution in [0.3, 0.4) is 0 Å². The van der Waals surface area contributed by atoms with Crippen LogP contribution in [0.25, 0.3) is 0 Å². The van der Waals surface area contributed by atoms with Crippen molar-refractivity contribution >= 4 is 28.8 Å². The van der Waals surface area contributed by atoms with Gasteiger partial charge in [0.05, 0.1) is 11.9 Å². The van der Waals surface area contributed by atoms with Gasteiger partial charge >= 0.3 is 0 Å². The topological polar surface area (TPSA) is 80.0 Å². The molecule has 19 heavy (non-hydrogen) atoms. The lowest BCUT2D eigenvalue weighted by Gasteiger charge is -2.09. The van der Waals surface area contributed by atoms with E-state index in [4.69, 9.17) is 5.73 Å². The van der Waals surface area contributed by atoms with Gasteiger partial charge in [-0.05, 0) is 42.8 Å². The molecule has 0 radical (unpaired) electrons. The van der Waals surface area contributed by atoms with E-state index < -0.39 is 0 Å². The van der Waals surface area contributed by atoms with Crippen LogP contribution < -0.4 is 16.4 Å². The number of hydrogen-bond acceptors (Lipinski definition) is 4. The van der Waals surface area contributed by atoms with Crippen molar-refractivity contribution in [2.45, 2.75) is 13.8 Å². The lowest BCUT2D eigenvalue weighted by atomic mass is 10.2. The number of carbonyl (C=O) groups is 1. The fourth-order valence-electron chi connectivity index (χ4n) is 1.70. The van der Waals surface area contributed by atoms with E-state index in [9.17, 15) is 4.79 Å². The molecule has 0 fully saturated rings. The van der Waals surface area contributed by atoms with Gasteiger partial charge in [0.2, 0.25) is 5.91 Å². The largest absolute Gasteiger partial charge is 0.397 e. The van der Waals surface area contributed by atoms with Gasteiger partial charge in [-0.2, -0.15) is 0 Å². The first-order chi connectivity index (χ1) is 9.04. The monoisotopic (exact) mass is 256 g/mol. The molecule has 0 bridgehead atoms.